The van der Waals surface area contributed by atoms with Crippen LogP contribution in [0.3, 0.4) is 0 Å². The highest BCUT2D eigenvalue weighted by Gasteiger charge is 2.14. The number of thiazole rings is 1. The van der Waals surface area contributed by atoms with Crippen molar-refractivity contribution in [2.45, 2.75) is 19.9 Å². The summed E-state index contributed by atoms with van der Waals surface area (Å²) in [5.74, 6) is -1.16. The van der Waals surface area contributed by atoms with Crippen LogP contribution in [0.5, 0.6) is 5.75 Å². The molecule has 2 aromatic carbocycles. The number of rotatable bonds is 5. The minimum atomic E-state index is -0.697. The molecule has 0 unspecified atom stereocenters. The molecule has 0 N–H and O–H groups in total. The molecule has 0 spiro atoms. The standard InChI is InChI=1S/C20H18F2N2O2S/c1-4-7-24-19-15(22)10-14(21)11-17(19)27-20(24)23-18(25)9-13-8-12(2)5-6-16(13)26-3/h4-6,8,10-11H,1,7,9H2,2-3H3. The predicted molar refractivity (Wildman–Crippen MR) is 102 cm³/mol. The average molecular weight is 388 g/mol. The van der Waals surface area contributed by atoms with Crippen LogP contribution in [-0.4, -0.2) is 17.6 Å². The third-order valence-electron chi connectivity index (χ3n) is 4.00. The maximum Gasteiger partial charge on any atom is 0.252 e. The topological polar surface area (TPSA) is 43.6 Å². The Labute approximate surface area is 159 Å². The van der Waals surface area contributed by atoms with Crippen LogP contribution < -0.4 is 9.54 Å². The van der Waals surface area contributed by atoms with Gasteiger partial charge in [0.05, 0.1) is 23.7 Å². The highest BCUT2D eigenvalue weighted by Crippen LogP contribution is 2.23. The molecule has 0 saturated carbocycles. The fourth-order valence-corrected chi connectivity index (χ4v) is 3.96. The number of carbonyl (C=O) groups is 1. The van der Waals surface area contributed by atoms with Crippen molar-refractivity contribution in [2.24, 2.45) is 4.99 Å². The molecule has 0 aliphatic rings. The number of amides is 1. The highest BCUT2D eigenvalue weighted by molar-refractivity contribution is 7.16. The number of carbonyl (C=O) groups excluding carboxylic acids is 1. The summed E-state index contributed by atoms with van der Waals surface area (Å²) in [5, 5.41) is 0. The van der Waals surface area contributed by atoms with Crippen LogP contribution in [0, 0.1) is 18.6 Å². The summed E-state index contributed by atoms with van der Waals surface area (Å²) in [6, 6.07) is 7.61. The quantitative estimate of drug-likeness (QED) is 0.616. The van der Waals surface area contributed by atoms with Crippen LogP contribution in [0.25, 0.3) is 10.2 Å². The molecule has 3 rings (SSSR count). The van der Waals surface area contributed by atoms with E-state index < -0.39 is 17.5 Å². The van der Waals surface area contributed by atoms with E-state index in [2.05, 4.69) is 11.6 Å². The van der Waals surface area contributed by atoms with Gasteiger partial charge in [0.2, 0.25) is 0 Å². The minimum Gasteiger partial charge on any atom is -0.496 e. The van der Waals surface area contributed by atoms with Crippen molar-refractivity contribution in [3.05, 3.63) is 70.5 Å². The first-order chi connectivity index (χ1) is 12.9. The first-order valence-corrected chi connectivity index (χ1v) is 9.05. The van der Waals surface area contributed by atoms with E-state index in [4.69, 9.17) is 4.74 Å². The summed E-state index contributed by atoms with van der Waals surface area (Å²) >= 11 is 1.06. The molecule has 0 radical (unpaired) electrons. The SMILES string of the molecule is C=CCn1c(=NC(=O)Cc2cc(C)ccc2OC)sc2cc(F)cc(F)c21. The van der Waals surface area contributed by atoms with Gasteiger partial charge < -0.3 is 9.30 Å². The van der Waals surface area contributed by atoms with E-state index >= 15 is 0 Å². The Morgan fingerprint density at radius 3 is 2.81 bits per heavy atom. The fraction of sp³-hybridized carbons (Fsp3) is 0.200. The van der Waals surface area contributed by atoms with Crippen molar-refractivity contribution in [2.75, 3.05) is 7.11 Å². The van der Waals surface area contributed by atoms with Crippen molar-refractivity contribution in [1.82, 2.24) is 4.57 Å². The third kappa shape index (κ3) is 3.98. The van der Waals surface area contributed by atoms with Gasteiger partial charge in [0, 0.05) is 18.2 Å². The van der Waals surface area contributed by atoms with E-state index in [1.54, 1.807) is 12.1 Å². The molecule has 27 heavy (non-hydrogen) atoms. The van der Waals surface area contributed by atoms with Gasteiger partial charge in [0.1, 0.15) is 11.6 Å². The number of benzene rings is 2. The van der Waals surface area contributed by atoms with Gasteiger partial charge in [0.15, 0.2) is 10.6 Å². The maximum absolute atomic E-state index is 14.2. The largest absolute Gasteiger partial charge is 0.496 e. The zero-order chi connectivity index (χ0) is 19.6. The van der Waals surface area contributed by atoms with Gasteiger partial charge in [-0.15, -0.1) is 6.58 Å². The number of ether oxygens (including phenoxy) is 1. The number of halogens is 2. The molecule has 3 aromatic rings. The molecule has 0 saturated heterocycles. The molecule has 1 aromatic heterocycles. The lowest BCUT2D eigenvalue weighted by molar-refractivity contribution is -0.117. The number of allylic oxidation sites excluding steroid dienone is 1. The maximum atomic E-state index is 14.2. The number of methoxy groups -OCH3 is 1. The lowest BCUT2D eigenvalue weighted by Crippen LogP contribution is -2.17. The van der Waals surface area contributed by atoms with E-state index in [1.807, 2.05) is 19.1 Å². The lowest BCUT2D eigenvalue weighted by atomic mass is 10.1. The van der Waals surface area contributed by atoms with Crippen LogP contribution in [0.4, 0.5) is 8.78 Å². The first kappa shape index (κ1) is 19.0. The van der Waals surface area contributed by atoms with E-state index in [-0.39, 0.29) is 18.5 Å². The Balaban J connectivity index is 2.06. The number of aromatic nitrogens is 1. The molecule has 0 aliphatic carbocycles. The minimum absolute atomic E-state index is 0.0457. The average Bonchev–Trinajstić information content (AvgIpc) is 2.92. The van der Waals surface area contributed by atoms with Crippen molar-refractivity contribution in [3.63, 3.8) is 0 Å². The Hall–Kier alpha value is -2.80. The summed E-state index contributed by atoms with van der Waals surface area (Å²) in [4.78, 5) is 17.0. The molecular formula is C20H18F2N2O2S. The number of nitrogens with zero attached hydrogens (tertiary/aromatic N) is 2. The molecule has 4 nitrogen and oxygen atoms in total. The van der Waals surface area contributed by atoms with Crippen LogP contribution in [0.1, 0.15) is 11.1 Å². The molecule has 0 aliphatic heterocycles. The second-order valence-electron chi connectivity index (χ2n) is 6.02. The monoisotopic (exact) mass is 388 g/mol. The van der Waals surface area contributed by atoms with E-state index in [0.717, 1.165) is 28.5 Å². The smallest absolute Gasteiger partial charge is 0.252 e. The van der Waals surface area contributed by atoms with Gasteiger partial charge in [-0.2, -0.15) is 4.99 Å². The van der Waals surface area contributed by atoms with Gasteiger partial charge in [-0.1, -0.05) is 35.1 Å². The predicted octanol–water partition coefficient (Wildman–Crippen LogP) is 4.15. The molecule has 0 bridgehead atoms. The Bertz CT molecular complexity index is 1100. The summed E-state index contributed by atoms with van der Waals surface area (Å²) in [5.41, 5.74) is 1.93. The second kappa shape index (κ2) is 7.84. The van der Waals surface area contributed by atoms with E-state index in [9.17, 15) is 13.6 Å². The van der Waals surface area contributed by atoms with Crippen molar-refractivity contribution in [1.29, 1.82) is 0 Å². The van der Waals surface area contributed by atoms with Crippen LogP contribution in [-0.2, 0) is 17.8 Å². The number of aryl methyl sites for hydroxylation is 1. The number of hydrogen-bond acceptors (Lipinski definition) is 3. The zero-order valence-corrected chi connectivity index (χ0v) is 15.8. The highest BCUT2D eigenvalue weighted by atomic mass is 32.1. The zero-order valence-electron chi connectivity index (χ0n) is 15.0. The Kier molecular flexibility index (Phi) is 5.51. The molecule has 7 heteroatoms. The third-order valence-corrected chi connectivity index (χ3v) is 5.03. The molecule has 1 heterocycles. The van der Waals surface area contributed by atoms with Gasteiger partial charge in [-0.3, -0.25) is 4.79 Å². The van der Waals surface area contributed by atoms with Crippen molar-refractivity contribution in [3.8, 4) is 5.75 Å². The van der Waals surface area contributed by atoms with E-state index in [1.165, 1.54) is 17.7 Å². The summed E-state index contributed by atoms with van der Waals surface area (Å²) in [6.07, 6.45) is 1.62. The van der Waals surface area contributed by atoms with Crippen LogP contribution in [0.2, 0.25) is 0 Å². The normalized spacial score (nSPS) is 11.8. The molecule has 0 fully saturated rings. The van der Waals surface area contributed by atoms with Gasteiger partial charge >= 0.3 is 0 Å². The molecular weight excluding hydrogens is 370 g/mol. The van der Waals surface area contributed by atoms with Crippen molar-refractivity contribution >= 4 is 27.5 Å². The van der Waals surface area contributed by atoms with Gasteiger partial charge in [0.25, 0.3) is 5.91 Å². The summed E-state index contributed by atoms with van der Waals surface area (Å²) in [7, 11) is 1.54. The Morgan fingerprint density at radius 1 is 1.33 bits per heavy atom. The molecule has 140 valence electrons. The first-order valence-electron chi connectivity index (χ1n) is 8.23. The van der Waals surface area contributed by atoms with Crippen molar-refractivity contribution < 1.29 is 18.3 Å². The van der Waals surface area contributed by atoms with Gasteiger partial charge in [-0.05, 0) is 19.1 Å². The molecule has 1 amide bonds. The fourth-order valence-electron chi connectivity index (χ4n) is 2.87. The number of hydrogen-bond donors (Lipinski definition) is 0. The Morgan fingerprint density at radius 2 is 2.11 bits per heavy atom. The molecule has 0 atom stereocenters. The van der Waals surface area contributed by atoms with Crippen LogP contribution >= 0.6 is 11.3 Å². The second-order valence-corrected chi connectivity index (χ2v) is 7.02. The van der Waals surface area contributed by atoms with E-state index in [0.29, 0.717) is 15.3 Å². The lowest BCUT2D eigenvalue weighted by Gasteiger charge is -2.07. The summed E-state index contributed by atoms with van der Waals surface area (Å²) in [6.45, 7) is 5.83. The van der Waals surface area contributed by atoms with Crippen LogP contribution in [0.15, 0.2) is 48.0 Å². The number of fused-ring (bicyclic) bond motifs is 1. The summed E-state index contributed by atoms with van der Waals surface area (Å²) < 4.78 is 35.0. The van der Waals surface area contributed by atoms with Gasteiger partial charge in [-0.25, -0.2) is 8.78 Å².